The molecule has 1 aromatic heterocycles. The molecule has 1 fully saturated rings. The number of amidine groups is 1. The Morgan fingerprint density at radius 2 is 2.25 bits per heavy atom. The first-order valence-corrected chi connectivity index (χ1v) is 11.0. The van der Waals surface area contributed by atoms with E-state index in [0.29, 0.717) is 35.0 Å². The Morgan fingerprint density at radius 1 is 1.44 bits per heavy atom. The summed E-state index contributed by atoms with van der Waals surface area (Å²) in [6.45, 7) is 2.52. The van der Waals surface area contributed by atoms with E-state index in [1.165, 1.54) is 42.2 Å². The molecule has 0 spiro atoms. The van der Waals surface area contributed by atoms with Crippen LogP contribution in [-0.2, 0) is 10.3 Å². The second-order valence-corrected chi connectivity index (χ2v) is 8.63. The topological polar surface area (TPSA) is 113 Å². The van der Waals surface area contributed by atoms with Crippen LogP contribution in [0.5, 0.6) is 0 Å². The Labute approximate surface area is 191 Å². The number of nitrogens with one attached hydrogen (secondary N) is 1. The average molecular weight is 456 g/mol. The number of hydrogen-bond acceptors (Lipinski definition) is 7. The van der Waals surface area contributed by atoms with E-state index in [1.54, 1.807) is 6.07 Å². The minimum absolute atomic E-state index is 0. The highest BCUT2D eigenvalue weighted by molar-refractivity contribution is 8.13. The minimum atomic E-state index is -0.813. The molecular formula is C23H26FN5O2S. The van der Waals surface area contributed by atoms with Crippen LogP contribution in [0.3, 0.4) is 0 Å². The van der Waals surface area contributed by atoms with Crippen molar-refractivity contribution in [2.75, 3.05) is 17.7 Å². The fourth-order valence-electron chi connectivity index (χ4n) is 4.34. The van der Waals surface area contributed by atoms with Crippen LogP contribution < -0.4 is 11.1 Å². The van der Waals surface area contributed by atoms with Gasteiger partial charge in [-0.05, 0) is 43.7 Å². The van der Waals surface area contributed by atoms with Gasteiger partial charge < -0.3 is 15.8 Å². The molecule has 7 nitrogen and oxygen atoms in total. The third-order valence-corrected chi connectivity index (χ3v) is 6.68. The summed E-state index contributed by atoms with van der Waals surface area (Å²) < 4.78 is 20.9. The van der Waals surface area contributed by atoms with Crippen LogP contribution in [0.25, 0.3) is 0 Å². The molecule has 0 unspecified atom stereocenters. The number of ether oxygens (including phenoxy) is 1. The highest BCUT2D eigenvalue weighted by Gasteiger charge is 2.52. The lowest BCUT2D eigenvalue weighted by atomic mass is 9.81. The van der Waals surface area contributed by atoms with Crippen molar-refractivity contribution in [3.8, 4) is 6.07 Å². The van der Waals surface area contributed by atoms with Gasteiger partial charge in [-0.3, -0.25) is 9.79 Å². The van der Waals surface area contributed by atoms with E-state index in [4.69, 9.17) is 20.7 Å². The first-order valence-electron chi connectivity index (χ1n) is 10.0. The summed E-state index contributed by atoms with van der Waals surface area (Å²) in [6, 6.07) is 9.42. The van der Waals surface area contributed by atoms with Gasteiger partial charge in [0.25, 0.3) is 5.91 Å². The molecule has 2 heterocycles. The monoisotopic (exact) mass is 455 g/mol. The van der Waals surface area contributed by atoms with Crippen molar-refractivity contribution in [2.24, 2.45) is 16.6 Å². The third kappa shape index (κ3) is 4.47. The summed E-state index contributed by atoms with van der Waals surface area (Å²) >= 11 is 1.48. The molecule has 1 aliphatic carbocycles. The summed E-state index contributed by atoms with van der Waals surface area (Å²) in [6.07, 6.45) is 2.63. The minimum Gasteiger partial charge on any atom is -0.379 e. The molecule has 1 aromatic carbocycles. The second kappa shape index (κ2) is 9.67. The molecule has 2 aliphatic rings. The van der Waals surface area contributed by atoms with Gasteiger partial charge in [-0.2, -0.15) is 5.26 Å². The number of carbonyl (C=O) groups is 1. The van der Waals surface area contributed by atoms with Gasteiger partial charge in [0.1, 0.15) is 17.6 Å². The number of nitrogens with two attached hydrogens (primary N) is 1. The van der Waals surface area contributed by atoms with Crippen LogP contribution in [0.2, 0.25) is 0 Å². The number of pyridine rings is 1. The molecule has 32 heavy (non-hydrogen) atoms. The van der Waals surface area contributed by atoms with Gasteiger partial charge in [-0.15, -0.1) is 0 Å². The predicted octanol–water partition coefficient (Wildman–Crippen LogP) is 4.05. The number of carbonyl (C=O) groups excluding carboxylic acids is 1. The molecule has 3 N–H and O–H groups in total. The van der Waals surface area contributed by atoms with Crippen LogP contribution in [-0.4, -0.2) is 34.5 Å². The maximum Gasteiger partial charge on any atom is 0.274 e. The Hall–Kier alpha value is -2.96. The summed E-state index contributed by atoms with van der Waals surface area (Å²) in [5.74, 6) is -0.0107. The van der Waals surface area contributed by atoms with Crippen molar-refractivity contribution in [3.63, 3.8) is 0 Å². The summed E-state index contributed by atoms with van der Waals surface area (Å²) in [4.78, 5) is 21.3. The Kier molecular flexibility index (Phi) is 7.16. The lowest BCUT2D eigenvalue weighted by molar-refractivity contribution is 0.0629. The number of benzene rings is 1. The highest BCUT2D eigenvalue weighted by atomic mass is 32.2. The molecule has 1 saturated carbocycles. The molecule has 2 aromatic rings. The van der Waals surface area contributed by atoms with Crippen molar-refractivity contribution < 1.29 is 13.9 Å². The molecular weight excluding hydrogens is 429 g/mol. The number of halogens is 1. The van der Waals surface area contributed by atoms with E-state index < -0.39 is 11.4 Å². The van der Waals surface area contributed by atoms with Crippen molar-refractivity contribution in [2.45, 2.75) is 38.8 Å². The van der Waals surface area contributed by atoms with E-state index in [1.807, 2.05) is 13.0 Å². The van der Waals surface area contributed by atoms with E-state index in [0.717, 1.165) is 12.2 Å². The van der Waals surface area contributed by atoms with Gasteiger partial charge in [0.15, 0.2) is 5.17 Å². The van der Waals surface area contributed by atoms with Crippen LogP contribution in [0, 0.1) is 23.1 Å². The van der Waals surface area contributed by atoms with Crippen molar-refractivity contribution >= 4 is 28.5 Å². The molecule has 0 saturated heterocycles. The standard InChI is InChI=1S/C22H22FN5O2S.CH4/c1-2-30-16-7-14-12-31-21(25)28-22(14,9-16)17-8-15(4-5-18(17)23)27-20(29)19-6-3-13(10-24)11-26-19;/h3-6,8,11,14,16H,2,7,9,12H2,1H3,(H2,25,28)(H,27,29);1H4/t14-,16+,22-;/m0./s1. The number of aliphatic imine (C=N–C) groups is 1. The average Bonchev–Trinajstić information content (AvgIpc) is 3.13. The van der Waals surface area contributed by atoms with Crippen LogP contribution in [0.15, 0.2) is 41.5 Å². The summed E-state index contributed by atoms with van der Waals surface area (Å²) in [5.41, 5.74) is 6.61. The SMILES string of the molecule is C.CCO[C@@H]1C[C@H]2CSC(N)=N[C@@]2(c2cc(NC(=O)c3ccc(C#N)cn3)ccc2F)C1. The number of anilines is 1. The molecule has 4 rings (SSSR count). The molecule has 168 valence electrons. The van der Waals surface area contributed by atoms with E-state index >= 15 is 4.39 Å². The zero-order chi connectivity index (χ0) is 22.0. The molecule has 3 atom stereocenters. The lowest BCUT2D eigenvalue weighted by Crippen LogP contribution is -2.37. The largest absolute Gasteiger partial charge is 0.379 e. The molecule has 9 heteroatoms. The fourth-order valence-corrected chi connectivity index (χ4v) is 5.36. The van der Waals surface area contributed by atoms with E-state index in [9.17, 15) is 4.79 Å². The quantitative estimate of drug-likeness (QED) is 0.703. The second-order valence-electron chi connectivity index (χ2n) is 7.59. The number of rotatable bonds is 5. The maximum absolute atomic E-state index is 15.1. The van der Waals surface area contributed by atoms with E-state index in [2.05, 4.69) is 10.3 Å². The first kappa shape index (κ1) is 23.7. The fraction of sp³-hybridized carbons (Fsp3) is 0.391. The number of amides is 1. The van der Waals surface area contributed by atoms with Crippen molar-refractivity contribution in [1.29, 1.82) is 5.26 Å². The smallest absolute Gasteiger partial charge is 0.274 e. The van der Waals surface area contributed by atoms with Crippen molar-refractivity contribution in [3.05, 3.63) is 59.2 Å². The normalized spacial score (nSPS) is 24.0. The lowest BCUT2D eigenvalue weighted by Gasteiger charge is -2.36. The number of hydrogen-bond donors (Lipinski definition) is 2. The summed E-state index contributed by atoms with van der Waals surface area (Å²) in [7, 11) is 0. The van der Waals surface area contributed by atoms with Crippen LogP contribution in [0.1, 0.15) is 48.8 Å². The number of aromatic nitrogens is 1. The van der Waals surface area contributed by atoms with Gasteiger partial charge in [0, 0.05) is 42.1 Å². The highest BCUT2D eigenvalue weighted by Crippen LogP contribution is 2.52. The number of nitriles is 1. The third-order valence-electron chi connectivity index (χ3n) is 5.72. The zero-order valence-corrected chi connectivity index (χ0v) is 17.8. The van der Waals surface area contributed by atoms with Gasteiger partial charge in [-0.25, -0.2) is 9.37 Å². The molecule has 0 bridgehead atoms. The Morgan fingerprint density at radius 3 is 2.94 bits per heavy atom. The number of fused-ring (bicyclic) bond motifs is 1. The summed E-state index contributed by atoms with van der Waals surface area (Å²) in [5, 5.41) is 12.1. The Bertz CT molecular complexity index is 1070. The predicted molar refractivity (Wildman–Crippen MR) is 124 cm³/mol. The number of nitrogens with zero attached hydrogens (tertiary/aromatic N) is 3. The Balaban J connectivity index is 0.00000289. The molecule has 1 amide bonds. The van der Waals surface area contributed by atoms with Crippen LogP contribution >= 0.6 is 11.8 Å². The van der Waals surface area contributed by atoms with E-state index in [-0.39, 0.29) is 31.0 Å². The van der Waals surface area contributed by atoms with Gasteiger partial charge >= 0.3 is 0 Å². The van der Waals surface area contributed by atoms with Gasteiger partial charge in [0.2, 0.25) is 0 Å². The number of thioether (sulfide) groups is 1. The first-order chi connectivity index (χ1) is 14.9. The van der Waals surface area contributed by atoms with Crippen molar-refractivity contribution in [1.82, 2.24) is 4.98 Å². The molecule has 1 aliphatic heterocycles. The van der Waals surface area contributed by atoms with Crippen LogP contribution in [0.4, 0.5) is 10.1 Å². The zero-order valence-electron chi connectivity index (χ0n) is 17.0. The van der Waals surface area contributed by atoms with Gasteiger partial charge in [-0.1, -0.05) is 19.2 Å². The maximum atomic E-state index is 15.1. The molecule has 0 radical (unpaired) electrons. The van der Waals surface area contributed by atoms with Gasteiger partial charge in [0.05, 0.1) is 17.2 Å².